The van der Waals surface area contributed by atoms with Crippen molar-refractivity contribution in [2.75, 3.05) is 19.6 Å². The van der Waals surface area contributed by atoms with Crippen molar-refractivity contribution in [3.05, 3.63) is 20.8 Å². The molecule has 0 aliphatic carbocycles. The second-order valence-corrected chi connectivity index (χ2v) is 9.10. The van der Waals surface area contributed by atoms with E-state index in [1.54, 1.807) is 11.8 Å². The molecule has 3 heterocycles. The zero-order valence-corrected chi connectivity index (χ0v) is 16.1. The van der Waals surface area contributed by atoms with Crippen molar-refractivity contribution in [1.82, 2.24) is 15.1 Å². The maximum absolute atomic E-state index is 12.8. The summed E-state index contributed by atoms with van der Waals surface area (Å²) in [5.41, 5.74) is -1.11. The van der Waals surface area contributed by atoms with Crippen LogP contribution in [-0.2, 0) is 15.1 Å². The van der Waals surface area contributed by atoms with Gasteiger partial charge in [-0.3, -0.25) is 14.5 Å². The lowest BCUT2D eigenvalue weighted by atomic mass is 10.00. The molecular formula is C16H20BrN3O3S. The fourth-order valence-electron chi connectivity index (χ4n) is 3.24. The van der Waals surface area contributed by atoms with E-state index in [1.807, 2.05) is 12.1 Å². The molecule has 4 amide bonds. The number of halogens is 1. The van der Waals surface area contributed by atoms with E-state index in [0.717, 1.165) is 26.4 Å². The van der Waals surface area contributed by atoms with Crippen LogP contribution in [0.25, 0.3) is 0 Å². The Labute approximate surface area is 153 Å². The van der Waals surface area contributed by atoms with Crippen molar-refractivity contribution in [1.29, 1.82) is 0 Å². The molecule has 2 aliphatic heterocycles. The third-order valence-electron chi connectivity index (χ3n) is 4.64. The summed E-state index contributed by atoms with van der Waals surface area (Å²) < 4.78 is 0.887. The van der Waals surface area contributed by atoms with Crippen LogP contribution < -0.4 is 5.32 Å². The average molecular weight is 414 g/mol. The van der Waals surface area contributed by atoms with Crippen molar-refractivity contribution in [3.63, 3.8) is 0 Å². The topological polar surface area (TPSA) is 69.7 Å². The van der Waals surface area contributed by atoms with Gasteiger partial charge in [-0.05, 0) is 53.7 Å². The molecule has 2 aliphatic rings. The van der Waals surface area contributed by atoms with Gasteiger partial charge in [-0.15, -0.1) is 11.3 Å². The quantitative estimate of drug-likeness (QED) is 0.773. The highest BCUT2D eigenvalue weighted by Gasteiger charge is 2.50. The van der Waals surface area contributed by atoms with E-state index in [1.165, 1.54) is 11.3 Å². The minimum atomic E-state index is -1.11. The number of nitrogens with one attached hydrogen (secondary N) is 1. The first-order valence-corrected chi connectivity index (χ1v) is 9.60. The molecule has 3 rings (SSSR count). The van der Waals surface area contributed by atoms with Crippen LogP contribution in [0.2, 0.25) is 0 Å². The van der Waals surface area contributed by atoms with Crippen LogP contribution in [0.15, 0.2) is 15.9 Å². The Morgan fingerprint density at radius 3 is 2.83 bits per heavy atom. The smallest absolute Gasteiger partial charge is 0.325 e. The molecule has 0 aromatic carbocycles. The third-order valence-corrected chi connectivity index (χ3v) is 6.49. The first-order valence-electron chi connectivity index (χ1n) is 7.99. The van der Waals surface area contributed by atoms with Crippen LogP contribution in [0.5, 0.6) is 0 Å². The average Bonchev–Trinajstić information content (AvgIpc) is 3.06. The van der Waals surface area contributed by atoms with Crippen molar-refractivity contribution in [2.24, 2.45) is 5.92 Å². The van der Waals surface area contributed by atoms with Gasteiger partial charge in [-0.1, -0.05) is 6.92 Å². The Morgan fingerprint density at radius 2 is 2.21 bits per heavy atom. The molecule has 1 aromatic rings. The first-order chi connectivity index (χ1) is 11.3. The summed E-state index contributed by atoms with van der Waals surface area (Å²) >= 11 is 4.77. The molecule has 0 saturated carbocycles. The van der Waals surface area contributed by atoms with Gasteiger partial charge < -0.3 is 10.2 Å². The van der Waals surface area contributed by atoms with Crippen molar-refractivity contribution in [3.8, 4) is 0 Å². The van der Waals surface area contributed by atoms with E-state index >= 15 is 0 Å². The molecule has 6 nitrogen and oxygen atoms in total. The molecule has 2 saturated heterocycles. The Bertz CT molecular complexity index is 692. The zero-order valence-electron chi connectivity index (χ0n) is 13.7. The lowest BCUT2D eigenvalue weighted by molar-refractivity contribution is -0.139. The molecule has 0 bridgehead atoms. The molecule has 0 radical (unpaired) electrons. The molecule has 2 fully saturated rings. The minimum absolute atomic E-state index is 0.165. The Balaban J connectivity index is 1.74. The van der Waals surface area contributed by atoms with E-state index in [9.17, 15) is 14.4 Å². The number of carbonyl (C=O) groups excluding carboxylic acids is 3. The van der Waals surface area contributed by atoms with Gasteiger partial charge in [0.25, 0.3) is 5.91 Å². The summed E-state index contributed by atoms with van der Waals surface area (Å²) in [6.45, 7) is 4.98. The van der Waals surface area contributed by atoms with E-state index in [-0.39, 0.29) is 18.4 Å². The predicted molar refractivity (Wildman–Crippen MR) is 94.6 cm³/mol. The molecule has 0 spiro atoms. The molecule has 24 heavy (non-hydrogen) atoms. The number of nitrogens with zero attached hydrogens (tertiary/aromatic N) is 2. The van der Waals surface area contributed by atoms with Gasteiger partial charge in [0.2, 0.25) is 5.91 Å². The molecule has 1 N–H and O–H groups in total. The number of amides is 4. The SMILES string of the molecule is CC1CCCN(C(=O)CN2C(=O)NC(C)(c3ccc(Br)s3)C2=O)C1. The summed E-state index contributed by atoms with van der Waals surface area (Å²) in [6.07, 6.45) is 2.08. The van der Waals surface area contributed by atoms with Gasteiger partial charge >= 0.3 is 6.03 Å². The Morgan fingerprint density at radius 1 is 1.46 bits per heavy atom. The lowest BCUT2D eigenvalue weighted by Crippen LogP contribution is -2.47. The van der Waals surface area contributed by atoms with E-state index in [2.05, 4.69) is 28.2 Å². The molecule has 1 aromatic heterocycles. The first kappa shape index (κ1) is 17.4. The van der Waals surface area contributed by atoms with Crippen LogP contribution in [0.4, 0.5) is 4.79 Å². The highest BCUT2D eigenvalue weighted by molar-refractivity contribution is 9.11. The highest BCUT2D eigenvalue weighted by Crippen LogP contribution is 2.35. The van der Waals surface area contributed by atoms with Gasteiger partial charge in [0, 0.05) is 18.0 Å². The molecular weight excluding hydrogens is 394 g/mol. The number of imide groups is 1. The number of likely N-dealkylation sites (tertiary alicyclic amines) is 1. The van der Waals surface area contributed by atoms with Crippen LogP contribution in [0.3, 0.4) is 0 Å². The highest BCUT2D eigenvalue weighted by atomic mass is 79.9. The second-order valence-electron chi connectivity index (χ2n) is 6.64. The monoisotopic (exact) mass is 413 g/mol. The number of carbonyl (C=O) groups is 3. The normalized spacial score (nSPS) is 27.5. The summed E-state index contributed by atoms with van der Waals surface area (Å²) in [5, 5.41) is 2.73. The lowest BCUT2D eigenvalue weighted by Gasteiger charge is -2.31. The second kappa shape index (κ2) is 6.48. The van der Waals surface area contributed by atoms with E-state index < -0.39 is 11.6 Å². The van der Waals surface area contributed by atoms with E-state index in [0.29, 0.717) is 19.0 Å². The zero-order chi connectivity index (χ0) is 17.5. The fraction of sp³-hybridized carbons (Fsp3) is 0.562. The largest absolute Gasteiger partial charge is 0.341 e. The summed E-state index contributed by atoms with van der Waals surface area (Å²) in [7, 11) is 0. The number of urea groups is 1. The van der Waals surface area contributed by atoms with Crippen LogP contribution in [-0.4, -0.2) is 47.3 Å². The molecule has 8 heteroatoms. The summed E-state index contributed by atoms with van der Waals surface area (Å²) in [5.74, 6) is -0.0820. The fourth-order valence-corrected chi connectivity index (χ4v) is 4.72. The molecule has 2 atom stereocenters. The Kier molecular flexibility index (Phi) is 4.70. The molecule has 130 valence electrons. The van der Waals surface area contributed by atoms with Gasteiger partial charge in [0.1, 0.15) is 6.54 Å². The van der Waals surface area contributed by atoms with Crippen molar-refractivity contribution in [2.45, 2.75) is 32.2 Å². The number of piperidine rings is 1. The minimum Gasteiger partial charge on any atom is -0.341 e. The van der Waals surface area contributed by atoms with Gasteiger partial charge in [-0.25, -0.2) is 4.79 Å². The van der Waals surface area contributed by atoms with Crippen molar-refractivity contribution < 1.29 is 14.4 Å². The molecule has 2 unspecified atom stereocenters. The van der Waals surface area contributed by atoms with Gasteiger partial charge in [0.15, 0.2) is 5.54 Å². The van der Waals surface area contributed by atoms with Gasteiger partial charge in [0.05, 0.1) is 3.79 Å². The third kappa shape index (κ3) is 3.09. The maximum atomic E-state index is 12.8. The van der Waals surface area contributed by atoms with Gasteiger partial charge in [-0.2, -0.15) is 0 Å². The number of thiophene rings is 1. The number of hydrogen-bond donors (Lipinski definition) is 1. The van der Waals surface area contributed by atoms with Crippen LogP contribution in [0.1, 0.15) is 31.6 Å². The van der Waals surface area contributed by atoms with Crippen LogP contribution in [0, 0.1) is 5.92 Å². The predicted octanol–water partition coefficient (Wildman–Crippen LogP) is 2.54. The number of hydrogen-bond acceptors (Lipinski definition) is 4. The Hall–Kier alpha value is -1.41. The number of rotatable bonds is 3. The standard InChI is InChI=1S/C16H20BrN3O3S/c1-10-4-3-7-19(8-10)13(21)9-20-14(22)16(2,18-15(20)23)11-5-6-12(17)24-11/h5-6,10H,3-4,7-9H2,1-2H3,(H,18,23). The van der Waals surface area contributed by atoms with E-state index in [4.69, 9.17) is 0 Å². The summed E-state index contributed by atoms with van der Waals surface area (Å²) in [4.78, 5) is 41.1. The maximum Gasteiger partial charge on any atom is 0.325 e. The summed E-state index contributed by atoms with van der Waals surface area (Å²) in [6, 6.07) is 3.14. The van der Waals surface area contributed by atoms with Crippen LogP contribution >= 0.6 is 27.3 Å². The van der Waals surface area contributed by atoms with Crippen molar-refractivity contribution >= 4 is 45.1 Å².